The fraction of sp³-hybridized carbons (Fsp3) is 0.133. The third kappa shape index (κ3) is 3.45. The van der Waals surface area contributed by atoms with Gasteiger partial charge < -0.3 is 5.32 Å². The second-order valence-corrected chi connectivity index (χ2v) is 6.11. The van der Waals surface area contributed by atoms with Gasteiger partial charge in [0.25, 0.3) is 5.91 Å². The predicted molar refractivity (Wildman–Crippen MR) is 85.7 cm³/mol. The average molecular weight is 383 g/mol. The highest BCUT2D eigenvalue weighted by Gasteiger charge is 2.10. The molecule has 19 heavy (non-hydrogen) atoms. The minimum Gasteiger partial charge on any atom is -0.322 e. The van der Waals surface area contributed by atoms with Gasteiger partial charge in [0.2, 0.25) is 0 Å². The maximum atomic E-state index is 12.2. The number of amides is 1. The molecule has 1 N–H and O–H groups in total. The van der Waals surface area contributed by atoms with Crippen molar-refractivity contribution < 1.29 is 4.79 Å². The first-order valence-corrected chi connectivity index (χ1v) is 7.39. The van der Waals surface area contributed by atoms with Crippen molar-refractivity contribution in [3.63, 3.8) is 0 Å². The second kappa shape index (κ2) is 5.88. The zero-order valence-electron chi connectivity index (χ0n) is 10.6. The van der Waals surface area contributed by atoms with Crippen molar-refractivity contribution in [3.8, 4) is 0 Å². The minimum atomic E-state index is -0.123. The summed E-state index contributed by atoms with van der Waals surface area (Å²) in [5.74, 6) is -0.123. The van der Waals surface area contributed by atoms with Crippen LogP contribution in [0.25, 0.3) is 0 Å². The van der Waals surface area contributed by atoms with E-state index in [2.05, 4.69) is 37.2 Å². The molecule has 2 rings (SSSR count). The Balaban J connectivity index is 2.23. The zero-order chi connectivity index (χ0) is 14.0. The first kappa shape index (κ1) is 14.3. The lowest BCUT2D eigenvalue weighted by atomic mass is 10.1. The molecule has 2 nitrogen and oxygen atoms in total. The maximum absolute atomic E-state index is 12.2. The molecule has 0 spiro atoms. The Morgan fingerprint density at radius 1 is 1.00 bits per heavy atom. The number of rotatable bonds is 2. The third-order valence-electron chi connectivity index (χ3n) is 2.80. The quantitative estimate of drug-likeness (QED) is 0.770. The van der Waals surface area contributed by atoms with Gasteiger partial charge >= 0.3 is 0 Å². The van der Waals surface area contributed by atoms with Crippen LogP contribution in [0.5, 0.6) is 0 Å². The molecular formula is C15H13Br2NO. The van der Waals surface area contributed by atoms with E-state index in [1.54, 1.807) is 0 Å². The van der Waals surface area contributed by atoms with Gasteiger partial charge in [-0.15, -0.1) is 0 Å². The standard InChI is InChI=1S/C15H13Br2NO/c1-9-3-6-12(14(17)7-9)15(19)18-11-5-4-10(2)13(16)8-11/h3-8H,1-2H3,(H,18,19). The van der Waals surface area contributed by atoms with E-state index in [0.29, 0.717) is 5.56 Å². The van der Waals surface area contributed by atoms with Crippen molar-refractivity contribution in [1.82, 2.24) is 0 Å². The zero-order valence-corrected chi connectivity index (χ0v) is 13.8. The minimum absolute atomic E-state index is 0.123. The summed E-state index contributed by atoms with van der Waals surface area (Å²) < 4.78 is 1.78. The molecule has 2 aromatic carbocycles. The monoisotopic (exact) mass is 381 g/mol. The molecule has 2 aromatic rings. The van der Waals surface area contributed by atoms with Crippen molar-refractivity contribution in [2.24, 2.45) is 0 Å². The van der Waals surface area contributed by atoms with Crippen LogP contribution in [-0.2, 0) is 0 Å². The van der Waals surface area contributed by atoms with Crippen LogP contribution < -0.4 is 5.32 Å². The van der Waals surface area contributed by atoms with Crippen LogP contribution in [-0.4, -0.2) is 5.91 Å². The summed E-state index contributed by atoms with van der Waals surface area (Å²) in [6.45, 7) is 4.00. The van der Waals surface area contributed by atoms with E-state index in [9.17, 15) is 4.79 Å². The molecule has 0 aliphatic heterocycles. The van der Waals surface area contributed by atoms with E-state index in [-0.39, 0.29) is 5.91 Å². The number of anilines is 1. The van der Waals surface area contributed by atoms with Crippen molar-refractivity contribution in [3.05, 3.63) is 62.0 Å². The lowest BCUT2D eigenvalue weighted by molar-refractivity contribution is 0.102. The highest BCUT2D eigenvalue weighted by Crippen LogP contribution is 2.23. The number of hydrogen-bond acceptors (Lipinski definition) is 1. The molecule has 0 radical (unpaired) electrons. The Labute approximate surface area is 129 Å². The molecule has 0 heterocycles. The van der Waals surface area contributed by atoms with Crippen molar-refractivity contribution in [2.45, 2.75) is 13.8 Å². The fourth-order valence-corrected chi connectivity index (χ4v) is 2.73. The molecule has 0 saturated carbocycles. The molecule has 0 aliphatic carbocycles. The first-order valence-electron chi connectivity index (χ1n) is 5.81. The topological polar surface area (TPSA) is 29.1 Å². The number of aryl methyl sites for hydroxylation is 2. The van der Waals surface area contributed by atoms with Crippen LogP contribution in [0.3, 0.4) is 0 Å². The number of carbonyl (C=O) groups excluding carboxylic acids is 1. The van der Waals surface area contributed by atoms with Gasteiger partial charge in [0.15, 0.2) is 0 Å². The maximum Gasteiger partial charge on any atom is 0.256 e. The summed E-state index contributed by atoms with van der Waals surface area (Å²) >= 11 is 6.87. The van der Waals surface area contributed by atoms with Crippen LogP contribution in [0, 0.1) is 13.8 Å². The van der Waals surface area contributed by atoms with E-state index in [4.69, 9.17) is 0 Å². The molecule has 0 atom stereocenters. The van der Waals surface area contributed by atoms with Crippen LogP contribution in [0.1, 0.15) is 21.5 Å². The van der Waals surface area contributed by atoms with Crippen LogP contribution >= 0.6 is 31.9 Å². The van der Waals surface area contributed by atoms with E-state index >= 15 is 0 Å². The first-order chi connectivity index (χ1) is 8.97. The lowest BCUT2D eigenvalue weighted by Crippen LogP contribution is -2.12. The third-order valence-corrected chi connectivity index (χ3v) is 4.31. The number of carbonyl (C=O) groups is 1. The van der Waals surface area contributed by atoms with Gasteiger partial charge in [-0.25, -0.2) is 0 Å². The summed E-state index contributed by atoms with van der Waals surface area (Å²) in [7, 11) is 0. The normalized spacial score (nSPS) is 10.3. The molecule has 0 aliphatic rings. The van der Waals surface area contributed by atoms with Crippen LogP contribution in [0.4, 0.5) is 5.69 Å². The molecule has 4 heteroatoms. The number of hydrogen-bond donors (Lipinski definition) is 1. The van der Waals surface area contributed by atoms with Gasteiger partial charge in [0.05, 0.1) is 5.56 Å². The number of benzene rings is 2. The summed E-state index contributed by atoms with van der Waals surface area (Å²) in [6.07, 6.45) is 0. The SMILES string of the molecule is Cc1ccc(C(=O)Nc2ccc(C)c(Br)c2)c(Br)c1. The van der Waals surface area contributed by atoms with Crippen molar-refractivity contribution in [1.29, 1.82) is 0 Å². The Morgan fingerprint density at radius 2 is 1.74 bits per heavy atom. The average Bonchev–Trinajstić information content (AvgIpc) is 2.33. The van der Waals surface area contributed by atoms with E-state index < -0.39 is 0 Å². The fourth-order valence-electron chi connectivity index (χ4n) is 1.67. The Bertz CT molecular complexity index is 638. The van der Waals surface area contributed by atoms with Gasteiger partial charge in [-0.05, 0) is 65.2 Å². The number of nitrogens with one attached hydrogen (secondary N) is 1. The molecule has 0 fully saturated rings. The Morgan fingerprint density at radius 3 is 2.37 bits per heavy atom. The van der Waals surface area contributed by atoms with E-state index in [1.165, 1.54) is 0 Å². The summed E-state index contributed by atoms with van der Waals surface area (Å²) in [5, 5.41) is 2.89. The van der Waals surface area contributed by atoms with E-state index in [1.807, 2.05) is 50.2 Å². The van der Waals surface area contributed by atoms with Gasteiger partial charge in [-0.3, -0.25) is 4.79 Å². The Hall–Kier alpha value is -1.13. The largest absolute Gasteiger partial charge is 0.322 e. The number of halogens is 2. The Kier molecular flexibility index (Phi) is 4.42. The highest BCUT2D eigenvalue weighted by atomic mass is 79.9. The molecule has 0 unspecified atom stereocenters. The van der Waals surface area contributed by atoms with Crippen molar-refractivity contribution >= 4 is 43.5 Å². The van der Waals surface area contributed by atoms with Crippen LogP contribution in [0.2, 0.25) is 0 Å². The van der Waals surface area contributed by atoms with E-state index in [0.717, 1.165) is 25.8 Å². The van der Waals surface area contributed by atoms with Gasteiger partial charge in [0.1, 0.15) is 0 Å². The molecular weight excluding hydrogens is 370 g/mol. The summed E-state index contributed by atoms with van der Waals surface area (Å²) in [4.78, 5) is 12.2. The van der Waals surface area contributed by atoms with Gasteiger partial charge in [-0.2, -0.15) is 0 Å². The smallest absolute Gasteiger partial charge is 0.256 e. The highest BCUT2D eigenvalue weighted by molar-refractivity contribution is 9.10. The molecule has 0 bridgehead atoms. The molecule has 0 saturated heterocycles. The lowest BCUT2D eigenvalue weighted by Gasteiger charge is -2.09. The molecule has 0 aromatic heterocycles. The van der Waals surface area contributed by atoms with Gasteiger partial charge in [-0.1, -0.05) is 28.1 Å². The van der Waals surface area contributed by atoms with Crippen LogP contribution in [0.15, 0.2) is 45.3 Å². The summed E-state index contributed by atoms with van der Waals surface area (Å²) in [6, 6.07) is 11.4. The van der Waals surface area contributed by atoms with Gasteiger partial charge in [0, 0.05) is 14.6 Å². The molecule has 1 amide bonds. The molecule has 98 valence electrons. The summed E-state index contributed by atoms with van der Waals surface area (Å²) in [5.41, 5.74) is 3.65. The second-order valence-electron chi connectivity index (χ2n) is 4.40. The van der Waals surface area contributed by atoms with Crippen molar-refractivity contribution in [2.75, 3.05) is 5.32 Å². The predicted octanol–water partition coefficient (Wildman–Crippen LogP) is 5.08.